The van der Waals surface area contributed by atoms with E-state index in [1.165, 1.54) is 17.4 Å². The van der Waals surface area contributed by atoms with E-state index in [1.807, 2.05) is 18.4 Å². The molecule has 0 bridgehead atoms. The average molecular weight is 302 g/mol. The van der Waals surface area contributed by atoms with Gasteiger partial charge >= 0.3 is 5.97 Å². The van der Waals surface area contributed by atoms with Crippen molar-refractivity contribution >= 4 is 29.3 Å². The topological polar surface area (TPSA) is 79.3 Å². The van der Waals surface area contributed by atoms with Crippen LogP contribution in [0.15, 0.2) is 35.9 Å². The van der Waals surface area contributed by atoms with Gasteiger partial charge in [-0.15, -0.1) is 11.3 Å². The van der Waals surface area contributed by atoms with Crippen molar-refractivity contribution in [2.45, 2.75) is 13.5 Å². The van der Waals surface area contributed by atoms with Crippen LogP contribution in [0.25, 0.3) is 6.08 Å². The summed E-state index contributed by atoms with van der Waals surface area (Å²) in [4.78, 5) is 27.4. The van der Waals surface area contributed by atoms with Gasteiger partial charge in [-0.1, -0.05) is 0 Å². The van der Waals surface area contributed by atoms with Crippen LogP contribution >= 0.6 is 11.3 Å². The molecule has 0 aliphatic rings. The van der Waals surface area contributed by atoms with Crippen LogP contribution < -0.4 is 5.32 Å². The minimum absolute atomic E-state index is 0.182. The predicted molar refractivity (Wildman–Crippen MR) is 81.1 cm³/mol. The van der Waals surface area contributed by atoms with Gasteiger partial charge in [-0.2, -0.15) is 0 Å². The first-order valence-electron chi connectivity index (χ1n) is 6.24. The lowest BCUT2D eigenvalue weighted by atomic mass is 10.2. The van der Waals surface area contributed by atoms with E-state index in [2.05, 4.69) is 10.3 Å². The molecule has 21 heavy (non-hydrogen) atoms. The molecule has 5 nitrogen and oxygen atoms in total. The van der Waals surface area contributed by atoms with Crippen LogP contribution in [0.4, 0.5) is 0 Å². The third-order valence-corrected chi connectivity index (χ3v) is 3.64. The number of carboxylic acid groups (broad SMARTS) is 1. The number of amides is 1. The van der Waals surface area contributed by atoms with E-state index in [-0.39, 0.29) is 5.91 Å². The lowest BCUT2D eigenvalue weighted by Gasteiger charge is -2.03. The fourth-order valence-corrected chi connectivity index (χ4v) is 2.41. The Labute approximate surface area is 126 Å². The van der Waals surface area contributed by atoms with Crippen LogP contribution in [-0.2, 0) is 11.3 Å². The second-order valence-electron chi connectivity index (χ2n) is 4.39. The number of carbonyl (C=O) groups is 2. The third-order valence-electron chi connectivity index (χ3n) is 2.69. The molecular weight excluding hydrogens is 288 g/mol. The average Bonchev–Trinajstić information content (AvgIpc) is 2.91. The third kappa shape index (κ3) is 4.54. The van der Waals surface area contributed by atoms with Crippen molar-refractivity contribution in [3.05, 3.63) is 57.6 Å². The van der Waals surface area contributed by atoms with E-state index < -0.39 is 5.97 Å². The number of nitrogens with one attached hydrogen (secondary N) is 1. The number of hydrogen-bond acceptors (Lipinski definition) is 4. The number of aliphatic carboxylic acids is 1. The van der Waals surface area contributed by atoms with Gasteiger partial charge in [0.2, 0.25) is 0 Å². The zero-order chi connectivity index (χ0) is 15.2. The number of thiophene rings is 1. The van der Waals surface area contributed by atoms with E-state index >= 15 is 0 Å². The van der Waals surface area contributed by atoms with Gasteiger partial charge in [0.15, 0.2) is 0 Å². The maximum atomic E-state index is 11.9. The highest BCUT2D eigenvalue weighted by atomic mass is 32.1. The SMILES string of the molecule is Cc1ccc(C(=O)NCc2cc(C=CC(=O)O)cs2)cn1. The zero-order valence-corrected chi connectivity index (χ0v) is 12.2. The smallest absolute Gasteiger partial charge is 0.328 e. The number of nitrogens with zero attached hydrogens (tertiary/aromatic N) is 1. The van der Waals surface area contributed by atoms with Gasteiger partial charge in [0.05, 0.1) is 12.1 Å². The summed E-state index contributed by atoms with van der Waals surface area (Å²) in [5, 5.41) is 13.2. The molecule has 2 N–H and O–H groups in total. The van der Waals surface area contributed by atoms with Crippen molar-refractivity contribution in [3.63, 3.8) is 0 Å². The Morgan fingerprint density at radius 1 is 1.43 bits per heavy atom. The van der Waals surface area contributed by atoms with E-state index in [0.29, 0.717) is 12.1 Å². The standard InChI is InChI=1S/C15H14N2O3S/c1-10-2-4-12(7-16-10)15(20)17-8-13-6-11(9-21-13)3-5-14(18)19/h2-7,9H,8H2,1H3,(H,17,20)(H,18,19). The number of carbonyl (C=O) groups excluding carboxylic acids is 1. The molecule has 0 radical (unpaired) electrons. The van der Waals surface area contributed by atoms with Crippen molar-refractivity contribution < 1.29 is 14.7 Å². The molecule has 2 aromatic rings. The second-order valence-corrected chi connectivity index (χ2v) is 5.38. The molecule has 2 rings (SSSR count). The maximum absolute atomic E-state index is 11.9. The van der Waals surface area contributed by atoms with Crippen molar-refractivity contribution in [1.29, 1.82) is 0 Å². The first-order valence-corrected chi connectivity index (χ1v) is 7.12. The lowest BCUT2D eigenvalue weighted by molar-refractivity contribution is -0.131. The maximum Gasteiger partial charge on any atom is 0.328 e. The summed E-state index contributed by atoms with van der Waals surface area (Å²) >= 11 is 1.47. The molecule has 0 saturated heterocycles. The second kappa shape index (κ2) is 6.81. The Bertz CT molecular complexity index is 674. The van der Waals surface area contributed by atoms with Gasteiger partial charge in [0.1, 0.15) is 0 Å². The number of hydrogen-bond donors (Lipinski definition) is 2. The van der Waals surface area contributed by atoms with Crippen LogP contribution in [-0.4, -0.2) is 22.0 Å². The molecule has 108 valence electrons. The van der Waals surface area contributed by atoms with Crippen LogP contribution in [0.3, 0.4) is 0 Å². The quantitative estimate of drug-likeness (QED) is 0.832. The van der Waals surface area contributed by atoms with Crippen molar-refractivity contribution in [2.24, 2.45) is 0 Å². The van der Waals surface area contributed by atoms with Gasteiger partial charge in [0, 0.05) is 22.8 Å². The van der Waals surface area contributed by atoms with E-state index in [9.17, 15) is 9.59 Å². The molecule has 2 heterocycles. The normalized spacial score (nSPS) is 10.7. The molecule has 0 spiro atoms. The predicted octanol–water partition coefficient (Wildman–Crippen LogP) is 2.48. The largest absolute Gasteiger partial charge is 0.478 e. The molecule has 6 heteroatoms. The van der Waals surface area contributed by atoms with E-state index in [4.69, 9.17) is 5.11 Å². The van der Waals surface area contributed by atoms with Crippen LogP contribution in [0.1, 0.15) is 26.5 Å². The Hall–Kier alpha value is -2.47. The van der Waals surface area contributed by atoms with Crippen LogP contribution in [0.5, 0.6) is 0 Å². The summed E-state index contributed by atoms with van der Waals surface area (Å²) in [5.41, 5.74) is 2.19. The molecule has 0 fully saturated rings. The van der Waals surface area contributed by atoms with Crippen LogP contribution in [0.2, 0.25) is 0 Å². The summed E-state index contributed by atoms with van der Waals surface area (Å²) in [7, 11) is 0. The fraction of sp³-hybridized carbons (Fsp3) is 0.133. The number of pyridine rings is 1. The number of rotatable bonds is 5. The van der Waals surface area contributed by atoms with Gasteiger partial charge in [-0.3, -0.25) is 9.78 Å². The summed E-state index contributed by atoms with van der Waals surface area (Å²) in [5.74, 6) is -1.17. The number of aryl methyl sites for hydroxylation is 1. The van der Waals surface area contributed by atoms with Gasteiger partial charge in [-0.05, 0) is 42.1 Å². The minimum Gasteiger partial charge on any atom is -0.478 e. The van der Waals surface area contributed by atoms with E-state index in [0.717, 1.165) is 22.2 Å². The Morgan fingerprint density at radius 2 is 2.24 bits per heavy atom. The molecule has 1 amide bonds. The van der Waals surface area contributed by atoms with Crippen molar-refractivity contribution in [3.8, 4) is 0 Å². The fourth-order valence-electron chi connectivity index (χ4n) is 1.62. The molecule has 0 aliphatic heterocycles. The highest BCUT2D eigenvalue weighted by Gasteiger charge is 2.06. The Morgan fingerprint density at radius 3 is 2.90 bits per heavy atom. The monoisotopic (exact) mass is 302 g/mol. The Balaban J connectivity index is 1.92. The van der Waals surface area contributed by atoms with Gasteiger partial charge < -0.3 is 10.4 Å². The minimum atomic E-state index is -0.983. The van der Waals surface area contributed by atoms with E-state index in [1.54, 1.807) is 18.3 Å². The molecule has 2 aromatic heterocycles. The molecular formula is C15H14N2O3S. The molecule has 0 unspecified atom stereocenters. The van der Waals surface area contributed by atoms with Crippen molar-refractivity contribution in [1.82, 2.24) is 10.3 Å². The number of aromatic nitrogens is 1. The lowest BCUT2D eigenvalue weighted by Crippen LogP contribution is -2.22. The summed E-state index contributed by atoms with van der Waals surface area (Å²) in [6.07, 6.45) is 4.15. The summed E-state index contributed by atoms with van der Waals surface area (Å²) in [6.45, 7) is 2.26. The molecule has 0 aromatic carbocycles. The molecule has 0 aliphatic carbocycles. The highest BCUT2D eigenvalue weighted by Crippen LogP contribution is 2.16. The summed E-state index contributed by atoms with van der Waals surface area (Å²) < 4.78 is 0. The van der Waals surface area contributed by atoms with Gasteiger partial charge in [0.25, 0.3) is 5.91 Å². The first-order chi connectivity index (χ1) is 10.0. The van der Waals surface area contributed by atoms with Crippen LogP contribution in [0, 0.1) is 6.92 Å². The number of carboxylic acids is 1. The Kier molecular flexibility index (Phi) is 4.84. The first kappa shape index (κ1) is 14.9. The van der Waals surface area contributed by atoms with Crippen molar-refractivity contribution in [2.75, 3.05) is 0 Å². The van der Waals surface area contributed by atoms with Gasteiger partial charge in [-0.25, -0.2) is 4.79 Å². The zero-order valence-electron chi connectivity index (χ0n) is 11.4. The molecule has 0 saturated carbocycles. The molecule has 0 atom stereocenters. The summed E-state index contributed by atoms with van der Waals surface area (Å²) in [6, 6.07) is 5.36. The highest BCUT2D eigenvalue weighted by molar-refractivity contribution is 7.10.